The highest BCUT2D eigenvalue weighted by atomic mass is 16.6. The highest BCUT2D eigenvalue weighted by molar-refractivity contribution is 5.71. The van der Waals surface area contributed by atoms with Crippen molar-refractivity contribution in [2.45, 2.75) is 303 Å². The normalized spacial score (nSPS) is 12.0. The average Bonchev–Trinajstić information content (AvgIpc) is 3.24. The van der Waals surface area contributed by atoms with Crippen LogP contribution in [0.5, 0.6) is 0 Å². The predicted octanol–water partition coefficient (Wildman–Crippen LogP) is 17.4. The lowest BCUT2D eigenvalue weighted by Gasteiger charge is -2.18. The van der Waals surface area contributed by atoms with Crippen molar-refractivity contribution < 1.29 is 28.6 Å². The van der Waals surface area contributed by atoms with E-state index >= 15 is 0 Å². The molecule has 0 fully saturated rings. The van der Waals surface area contributed by atoms with Gasteiger partial charge in [0.1, 0.15) is 13.2 Å². The maximum atomic E-state index is 12.8. The van der Waals surface area contributed by atoms with Crippen LogP contribution >= 0.6 is 0 Å². The number of rotatable bonds is 49. The summed E-state index contributed by atoms with van der Waals surface area (Å²) in [5.74, 6) is -0.859. The Morgan fingerprint density at radius 3 is 0.833 bits per heavy atom. The summed E-state index contributed by atoms with van der Waals surface area (Å²) in [4.78, 5) is 37.9. The Balaban J connectivity index is 4.30. The SMILES string of the molecule is CCCCCCC/C=C\CCCCCCCC(=O)OC(COC(=O)CCCCCCCCCCCCC)COC(=O)CCCCCCCCCCCCCCCCCCC. The number of esters is 3. The molecule has 0 radical (unpaired) electrons. The largest absolute Gasteiger partial charge is 0.462 e. The number of carbonyl (C=O) groups is 3. The summed E-state index contributed by atoms with van der Waals surface area (Å²) in [6.45, 7) is 6.66. The first kappa shape index (κ1) is 58.1. The van der Waals surface area contributed by atoms with Crippen molar-refractivity contribution in [1.29, 1.82) is 0 Å². The van der Waals surface area contributed by atoms with Gasteiger partial charge < -0.3 is 14.2 Å². The third-order valence-corrected chi connectivity index (χ3v) is 12.0. The molecule has 1 unspecified atom stereocenters. The second-order valence-corrected chi connectivity index (χ2v) is 18.2. The summed E-state index contributed by atoms with van der Waals surface area (Å²) in [6.07, 6.45) is 54.8. The molecular weight excluding hydrogens is 745 g/mol. The number of carbonyl (C=O) groups excluding carboxylic acids is 3. The molecule has 60 heavy (non-hydrogen) atoms. The average molecular weight is 847 g/mol. The van der Waals surface area contributed by atoms with Crippen molar-refractivity contribution in [2.24, 2.45) is 0 Å². The van der Waals surface area contributed by atoms with Gasteiger partial charge in [0.15, 0.2) is 6.10 Å². The van der Waals surface area contributed by atoms with Crippen LogP contribution in [-0.2, 0) is 28.6 Å². The van der Waals surface area contributed by atoms with Crippen LogP contribution in [0, 0.1) is 0 Å². The van der Waals surface area contributed by atoms with E-state index in [0.717, 1.165) is 64.2 Å². The lowest BCUT2D eigenvalue weighted by atomic mass is 10.0. The Labute approximate surface area is 373 Å². The molecule has 6 heteroatoms. The number of ether oxygens (including phenoxy) is 3. The van der Waals surface area contributed by atoms with Gasteiger partial charge in [-0.25, -0.2) is 0 Å². The molecular formula is C54H102O6. The van der Waals surface area contributed by atoms with Gasteiger partial charge in [-0.2, -0.15) is 0 Å². The van der Waals surface area contributed by atoms with Crippen LogP contribution in [0.2, 0.25) is 0 Å². The minimum Gasteiger partial charge on any atom is -0.462 e. The Kier molecular flexibility index (Phi) is 48.3. The molecule has 0 saturated heterocycles. The smallest absolute Gasteiger partial charge is 0.306 e. The van der Waals surface area contributed by atoms with Crippen molar-refractivity contribution in [2.75, 3.05) is 13.2 Å². The molecule has 0 rings (SSSR count). The van der Waals surface area contributed by atoms with Gasteiger partial charge in [-0.15, -0.1) is 0 Å². The van der Waals surface area contributed by atoms with Crippen molar-refractivity contribution in [3.63, 3.8) is 0 Å². The maximum absolute atomic E-state index is 12.8. The molecule has 1 atom stereocenters. The molecule has 0 N–H and O–H groups in total. The third kappa shape index (κ3) is 47.2. The van der Waals surface area contributed by atoms with E-state index in [0.29, 0.717) is 19.3 Å². The number of hydrogen-bond acceptors (Lipinski definition) is 6. The summed E-state index contributed by atoms with van der Waals surface area (Å²) in [5.41, 5.74) is 0. The highest BCUT2D eigenvalue weighted by Gasteiger charge is 2.19. The summed E-state index contributed by atoms with van der Waals surface area (Å²) in [6, 6.07) is 0. The van der Waals surface area contributed by atoms with Gasteiger partial charge in [-0.1, -0.05) is 245 Å². The molecule has 6 nitrogen and oxygen atoms in total. The van der Waals surface area contributed by atoms with E-state index in [1.165, 1.54) is 193 Å². The first-order valence-electron chi connectivity index (χ1n) is 26.7. The summed E-state index contributed by atoms with van der Waals surface area (Å²) >= 11 is 0. The van der Waals surface area contributed by atoms with Crippen LogP contribution in [0.25, 0.3) is 0 Å². The summed E-state index contributed by atoms with van der Waals surface area (Å²) in [7, 11) is 0. The van der Waals surface area contributed by atoms with Crippen LogP contribution in [0.15, 0.2) is 12.2 Å². The quantitative estimate of drug-likeness (QED) is 0.0263. The first-order chi connectivity index (χ1) is 29.5. The van der Waals surface area contributed by atoms with E-state index in [-0.39, 0.29) is 31.1 Å². The zero-order chi connectivity index (χ0) is 43.7. The maximum Gasteiger partial charge on any atom is 0.306 e. The molecule has 0 amide bonds. The molecule has 0 aromatic carbocycles. The zero-order valence-corrected chi connectivity index (χ0v) is 40.5. The molecule has 0 aromatic rings. The highest BCUT2D eigenvalue weighted by Crippen LogP contribution is 2.16. The monoisotopic (exact) mass is 847 g/mol. The predicted molar refractivity (Wildman–Crippen MR) is 256 cm³/mol. The van der Waals surface area contributed by atoms with Gasteiger partial charge in [0.05, 0.1) is 0 Å². The number of allylic oxidation sites excluding steroid dienone is 2. The van der Waals surface area contributed by atoms with Crippen LogP contribution in [-0.4, -0.2) is 37.2 Å². The molecule has 0 spiro atoms. The van der Waals surface area contributed by atoms with Gasteiger partial charge in [0, 0.05) is 19.3 Å². The van der Waals surface area contributed by atoms with Crippen LogP contribution in [0.4, 0.5) is 0 Å². The Bertz CT molecular complexity index is 931. The van der Waals surface area contributed by atoms with E-state index in [1.54, 1.807) is 0 Å². The minimum absolute atomic E-state index is 0.0679. The number of hydrogen-bond donors (Lipinski definition) is 0. The standard InChI is InChI=1S/C54H102O6/c1-4-7-10-13-16-19-22-24-26-27-28-30-32-35-38-41-44-47-53(56)59-50-51(49-58-52(55)46-43-40-37-34-31-21-18-15-12-9-6-3)60-54(57)48-45-42-39-36-33-29-25-23-20-17-14-11-8-5-2/h23,25,51H,4-22,24,26-50H2,1-3H3/b25-23-. The van der Waals surface area contributed by atoms with E-state index in [9.17, 15) is 14.4 Å². The lowest BCUT2D eigenvalue weighted by Crippen LogP contribution is -2.30. The van der Waals surface area contributed by atoms with Gasteiger partial charge in [-0.3, -0.25) is 14.4 Å². The van der Waals surface area contributed by atoms with Crippen molar-refractivity contribution >= 4 is 17.9 Å². The molecule has 0 saturated carbocycles. The fraction of sp³-hybridized carbons (Fsp3) is 0.907. The van der Waals surface area contributed by atoms with E-state index in [4.69, 9.17) is 14.2 Å². The molecule has 354 valence electrons. The lowest BCUT2D eigenvalue weighted by molar-refractivity contribution is -0.167. The van der Waals surface area contributed by atoms with Crippen LogP contribution in [0.3, 0.4) is 0 Å². The molecule has 0 aliphatic heterocycles. The topological polar surface area (TPSA) is 78.9 Å². The third-order valence-electron chi connectivity index (χ3n) is 12.0. The van der Waals surface area contributed by atoms with Gasteiger partial charge >= 0.3 is 17.9 Å². The Morgan fingerprint density at radius 1 is 0.317 bits per heavy atom. The Hall–Kier alpha value is -1.85. The van der Waals surface area contributed by atoms with Crippen LogP contribution < -0.4 is 0 Å². The zero-order valence-electron chi connectivity index (χ0n) is 40.5. The molecule has 0 bridgehead atoms. The first-order valence-corrected chi connectivity index (χ1v) is 26.7. The summed E-state index contributed by atoms with van der Waals surface area (Å²) in [5, 5.41) is 0. The van der Waals surface area contributed by atoms with Crippen LogP contribution in [0.1, 0.15) is 297 Å². The van der Waals surface area contributed by atoms with Crippen molar-refractivity contribution in [3.05, 3.63) is 12.2 Å². The second-order valence-electron chi connectivity index (χ2n) is 18.2. The number of unbranched alkanes of at least 4 members (excludes halogenated alkanes) is 36. The summed E-state index contributed by atoms with van der Waals surface area (Å²) < 4.78 is 16.8. The van der Waals surface area contributed by atoms with E-state index in [2.05, 4.69) is 32.9 Å². The van der Waals surface area contributed by atoms with Gasteiger partial charge in [-0.05, 0) is 44.9 Å². The molecule has 0 aliphatic carbocycles. The van der Waals surface area contributed by atoms with E-state index in [1.807, 2.05) is 0 Å². The molecule has 0 aromatic heterocycles. The van der Waals surface area contributed by atoms with Crippen molar-refractivity contribution in [1.82, 2.24) is 0 Å². The second kappa shape index (κ2) is 49.8. The Morgan fingerprint density at radius 2 is 0.550 bits per heavy atom. The van der Waals surface area contributed by atoms with Gasteiger partial charge in [0.2, 0.25) is 0 Å². The fourth-order valence-corrected chi connectivity index (χ4v) is 7.97. The van der Waals surface area contributed by atoms with Gasteiger partial charge in [0.25, 0.3) is 0 Å². The minimum atomic E-state index is -0.767. The van der Waals surface area contributed by atoms with Crippen molar-refractivity contribution in [3.8, 4) is 0 Å². The molecule has 0 heterocycles. The van der Waals surface area contributed by atoms with E-state index < -0.39 is 6.10 Å². The fourth-order valence-electron chi connectivity index (χ4n) is 7.97. The molecule has 0 aliphatic rings.